The second-order valence-corrected chi connectivity index (χ2v) is 5.38. The highest BCUT2D eigenvalue weighted by molar-refractivity contribution is 6.31. The lowest BCUT2D eigenvalue weighted by Crippen LogP contribution is -2.24. The summed E-state index contributed by atoms with van der Waals surface area (Å²) in [4.78, 5) is 16.3. The summed E-state index contributed by atoms with van der Waals surface area (Å²) in [6.07, 6.45) is 1.69. The van der Waals surface area contributed by atoms with Crippen molar-refractivity contribution in [3.8, 4) is 0 Å². The van der Waals surface area contributed by atoms with E-state index >= 15 is 0 Å². The number of amidine groups is 1. The minimum absolute atomic E-state index is 0.245. The third-order valence-corrected chi connectivity index (χ3v) is 3.42. The van der Waals surface area contributed by atoms with Gasteiger partial charge < -0.3 is 5.32 Å². The van der Waals surface area contributed by atoms with Crippen LogP contribution in [0.3, 0.4) is 0 Å². The number of nitrogens with zero attached hydrogens (tertiary/aromatic N) is 1. The Bertz CT molecular complexity index is 781. The molecule has 5 heteroatoms. The van der Waals surface area contributed by atoms with Gasteiger partial charge in [-0.1, -0.05) is 47.5 Å². The fourth-order valence-corrected chi connectivity index (χ4v) is 2.38. The van der Waals surface area contributed by atoms with E-state index in [1.165, 1.54) is 0 Å². The van der Waals surface area contributed by atoms with Gasteiger partial charge in [-0.15, -0.1) is 0 Å². The van der Waals surface area contributed by atoms with Crippen molar-refractivity contribution in [1.82, 2.24) is 5.32 Å². The lowest BCUT2D eigenvalue weighted by atomic mass is 10.2. The first-order valence-corrected chi connectivity index (χ1v) is 7.01. The highest BCUT2D eigenvalue weighted by Gasteiger charge is 2.21. The van der Waals surface area contributed by atoms with Crippen LogP contribution in [0.4, 0.5) is 0 Å². The molecule has 104 valence electrons. The van der Waals surface area contributed by atoms with Crippen LogP contribution in [-0.4, -0.2) is 11.7 Å². The smallest absolute Gasteiger partial charge is 0.275 e. The van der Waals surface area contributed by atoms with Crippen molar-refractivity contribution in [2.24, 2.45) is 4.99 Å². The molecule has 0 fully saturated rings. The van der Waals surface area contributed by atoms with Gasteiger partial charge in [0.05, 0.1) is 0 Å². The maximum Gasteiger partial charge on any atom is 0.275 e. The van der Waals surface area contributed by atoms with Crippen molar-refractivity contribution in [2.75, 3.05) is 0 Å². The molecule has 0 aliphatic carbocycles. The number of rotatable bonds is 2. The summed E-state index contributed by atoms with van der Waals surface area (Å²) in [7, 11) is 0. The molecule has 1 amide bonds. The summed E-state index contributed by atoms with van der Waals surface area (Å²) in [5.74, 6) is 0.251. The average molecular weight is 317 g/mol. The van der Waals surface area contributed by atoms with Crippen LogP contribution in [0.2, 0.25) is 10.0 Å². The van der Waals surface area contributed by atoms with Gasteiger partial charge in [0.25, 0.3) is 5.91 Å². The van der Waals surface area contributed by atoms with E-state index in [1.807, 2.05) is 24.3 Å². The number of benzene rings is 2. The number of halogens is 2. The molecule has 1 aliphatic rings. The number of aliphatic imine (C=N–C) groups is 1. The van der Waals surface area contributed by atoms with Gasteiger partial charge in [-0.25, -0.2) is 4.99 Å². The number of carbonyl (C=O) groups excluding carboxylic acids is 1. The normalized spacial score (nSPS) is 16.0. The first-order valence-electron chi connectivity index (χ1n) is 6.25. The number of nitrogens with one attached hydrogen (secondary N) is 1. The minimum Gasteiger partial charge on any atom is -0.305 e. The Kier molecular flexibility index (Phi) is 3.78. The molecule has 1 heterocycles. The number of hydrogen-bond acceptors (Lipinski definition) is 2. The van der Waals surface area contributed by atoms with Crippen LogP contribution in [0.25, 0.3) is 6.08 Å². The Hall–Kier alpha value is -2.10. The maximum absolute atomic E-state index is 12.0. The zero-order valence-electron chi connectivity index (χ0n) is 10.8. The van der Waals surface area contributed by atoms with Gasteiger partial charge in [0, 0.05) is 15.6 Å². The quantitative estimate of drug-likeness (QED) is 0.838. The van der Waals surface area contributed by atoms with E-state index in [2.05, 4.69) is 10.3 Å². The monoisotopic (exact) mass is 316 g/mol. The minimum atomic E-state index is -0.245. The van der Waals surface area contributed by atoms with E-state index in [0.29, 0.717) is 21.6 Å². The maximum atomic E-state index is 12.0. The molecule has 0 unspecified atom stereocenters. The summed E-state index contributed by atoms with van der Waals surface area (Å²) >= 11 is 11.9. The van der Waals surface area contributed by atoms with Gasteiger partial charge in [0.15, 0.2) is 0 Å². The fourth-order valence-electron chi connectivity index (χ4n) is 2.00. The van der Waals surface area contributed by atoms with Gasteiger partial charge in [-0.2, -0.15) is 0 Å². The molecule has 1 aliphatic heterocycles. The van der Waals surface area contributed by atoms with E-state index in [-0.39, 0.29) is 5.91 Å². The van der Waals surface area contributed by atoms with Crippen molar-refractivity contribution >= 4 is 41.0 Å². The highest BCUT2D eigenvalue weighted by atomic mass is 35.5. The molecule has 3 rings (SSSR count). The Balaban J connectivity index is 1.95. The molecular weight excluding hydrogens is 307 g/mol. The molecule has 2 aromatic carbocycles. The van der Waals surface area contributed by atoms with Crippen molar-refractivity contribution < 1.29 is 4.79 Å². The molecular formula is C16H10Cl2N2O. The Morgan fingerprint density at radius 2 is 1.71 bits per heavy atom. The Morgan fingerprint density at radius 1 is 1.00 bits per heavy atom. The van der Waals surface area contributed by atoms with Crippen LogP contribution in [0.5, 0.6) is 0 Å². The standard InChI is InChI=1S/C16H10Cl2N2O/c17-12-5-1-3-10(7-12)8-14-16(21)20-15(19-14)11-4-2-6-13(18)9-11/h1-9H,(H,19,20,21)/b14-8+. The molecule has 0 saturated heterocycles. The SMILES string of the molecule is O=C1NC(c2cccc(Cl)c2)=N/C1=C/c1cccc(Cl)c1. The van der Waals surface area contributed by atoms with Crippen LogP contribution in [-0.2, 0) is 4.79 Å². The number of amides is 1. The van der Waals surface area contributed by atoms with Gasteiger partial charge >= 0.3 is 0 Å². The first kappa shape index (κ1) is 13.9. The van der Waals surface area contributed by atoms with Crippen LogP contribution in [0, 0.1) is 0 Å². The van der Waals surface area contributed by atoms with Gasteiger partial charge in [-0.3, -0.25) is 4.79 Å². The third kappa shape index (κ3) is 3.15. The van der Waals surface area contributed by atoms with Gasteiger partial charge in [-0.05, 0) is 35.9 Å². The molecule has 0 atom stereocenters. The second kappa shape index (κ2) is 5.72. The van der Waals surface area contributed by atoms with Crippen LogP contribution < -0.4 is 5.32 Å². The third-order valence-electron chi connectivity index (χ3n) is 2.95. The molecule has 0 spiro atoms. The van der Waals surface area contributed by atoms with Crippen LogP contribution in [0.1, 0.15) is 11.1 Å². The van der Waals surface area contributed by atoms with Gasteiger partial charge in [0.2, 0.25) is 0 Å². The van der Waals surface area contributed by atoms with Crippen molar-refractivity contribution in [1.29, 1.82) is 0 Å². The van der Waals surface area contributed by atoms with Crippen LogP contribution in [0.15, 0.2) is 59.2 Å². The van der Waals surface area contributed by atoms with Crippen molar-refractivity contribution in [2.45, 2.75) is 0 Å². The molecule has 3 nitrogen and oxygen atoms in total. The first-order chi connectivity index (χ1) is 10.1. The summed E-state index contributed by atoms with van der Waals surface area (Å²) in [5.41, 5.74) is 1.93. The van der Waals surface area contributed by atoms with E-state index < -0.39 is 0 Å². The number of hydrogen-bond donors (Lipinski definition) is 1. The second-order valence-electron chi connectivity index (χ2n) is 4.51. The van der Waals surface area contributed by atoms with E-state index in [0.717, 1.165) is 11.1 Å². The van der Waals surface area contributed by atoms with Gasteiger partial charge in [0.1, 0.15) is 11.5 Å². The summed E-state index contributed by atoms with van der Waals surface area (Å²) in [6, 6.07) is 14.4. The summed E-state index contributed by atoms with van der Waals surface area (Å²) in [6.45, 7) is 0. The predicted molar refractivity (Wildman–Crippen MR) is 85.6 cm³/mol. The fraction of sp³-hybridized carbons (Fsp3) is 0. The lowest BCUT2D eigenvalue weighted by molar-refractivity contribution is -0.115. The zero-order chi connectivity index (χ0) is 14.8. The zero-order valence-corrected chi connectivity index (χ0v) is 12.3. The molecule has 0 radical (unpaired) electrons. The lowest BCUT2D eigenvalue weighted by Gasteiger charge is -2.00. The molecule has 21 heavy (non-hydrogen) atoms. The Morgan fingerprint density at radius 3 is 2.43 bits per heavy atom. The summed E-state index contributed by atoms with van der Waals surface area (Å²) < 4.78 is 0. The Labute approximate surface area is 131 Å². The van der Waals surface area contributed by atoms with Crippen LogP contribution >= 0.6 is 23.2 Å². The van der Waals surface area contributed by atoms with E-state index in [9.17, 15) is 4.79 Å². The molecule has 2 aromatic rings. The molecule has 0 aromatic heterocycles. The van der Waals surface area contributed by atoms with Crippen molar-refractivity contribution in [3.63, 3.8) is 0 Å². The largest absolute Gasteiger partial charge is 0.305 e. The molecule has 0 saturated carbocycles. The highest BCUT2D eigenvalue weighted by Crippen LogP contribution is 2.19. The van der Waals surface area contributed by atoms with E-state index in [4.69, 9.17) is 23.2 Å². The van der Waals surface area contributed by atoms with Crippen molar-refractivity contribution in [3.05, 3.63) is 75.4 Å². The molecule has 0 bridgehead atoms. The summed E-state index contributed by atoms with van der Waals surface area (Å²) in [5, 5.41) is 3.94. The average Bonchev–Trinajstić information content (AvgIpc) is 2.80. The predicted octanol–water partition coefficient (Wildman–Crippen LogP) is 3.91. The molecule has 1 N–H and O–H groups in total. The topological polar surface area (TPSA) is 41.5 Å². The number of carbonyl (C=O) groups is 1. The van der Waals surface area contributed by atoms with E-state index in [1.54, 1.807) is 30.3 Å².